The van der Waals surface area contributed by atoms with Gasteiger partial charge < -0.3 is 14.5 Å². The topological polar surface area (TPSA) is 112 Å². The number of hydroxylamine groups is 3. The lowest BCUT2D eigenvalue weighted by atomic mass is 10.0. The zero-order valence-electron chi connectivity index (χ0n) is 15.7. The van der Waals surface area contributed by atoms with Crippen molar-refractivity contribution >= 4 is 18.0 Å². The van der Waals surface area contributed by atoms with Gasteiger partial charge in [-0.2, -0.15) is 0 Å². The Morgan fingerprint density at radius 3 is 2.62 bits per heavy atom. The lowest BCUT2D eigenvalue weighted by Gasteiger charge is -2.33. The Morgan fingerprint density at radius 2 is 2.00 bits per heavy atom. The second-order valence-corrected chi connectivity index (χ2v) is 7.37. The van der Waals surface area contributed by atoms with Gasteiger partial charge >= 0.3 is 12.1 Å². The number of nitrogens with zero attached hydrogens (tertiary/aromatic N) is 3. The SMILES string of the molecule is CCN(C(=O)OCCONC(=O)[C@@H]1CC[C@@H]2CN1C(=O)N2O)C(C)(C)C. The van der Waals surface area contributed by atoms with Gasteiger partial charge in [-0.25, -0.2) is 20.1 Å². The fourth-order valence-corrected chi connectivity index (χ4v) is 3.24. The molecule has 2 heterocycles. The van der Waals surface area contributed by atoms with Gasteiger partial charge in [-0.15, -0.1) is 0 Å². The Kier molecular flexibility index (Phi) is 6.30. The van der Waals surface area contributed by atoms with Crippen molar-refractivity contribution in [2.24, 2.45) is 0 Å². The highest BCUT2D eigenvalue weighted by Gasteiger charge is 2.46. The molecule has 0 unspecified atom stereocenters. The number of urea groups is 1. The lowest BCUT2D eigenvalue weighted by molar-refractivity contribution is -0.139. The van der Waals surface area contributed by atoms with E-state index in [1.54, 1.807) is 4.90 Å². The van der Waals surface area contributed by atoms with Crippen LogP contribution in [-0.4, -0.2) is 82.0 Å². The predicted octanol–water partition coefficient (Wildman–Crippen LogP) is 0.949. The third-order valence-electron chi connectivity index (χ3n) is 4.58. The zero-order valence-corrected chi connectivity index (χ0v) is 15.7. The van der Waals surface area contributed by atoms with Crippen molar-refractivity contribution in [1.82, 2.24) is 20.3 Å². The minimum absolute atomic E-state index is 0.00536. The van der Waals surface area contributed by atoms with Crippen LogP contribution >= 0.6 is 0 Å². The van der Waals surface area contributed by atoms with Crippen LogP contribution in [0.15, 0.2) is 0 Å². The molecule has 2 N–H and O–H groups in total. The maximum atomic E-state index is 12.2. The number of piperidine rings is 1. The summed E-state index contributed by atoms with van der Waals surface area (Å²) in [6.45, 7) is 8.44. The highest BCUT2D eigenvalue weighted by atomic mass is 16.7. The number of nitrogens with one attached hydrogen (secondary N) is 1. The van der Waals surface area contributed by atoms with Crippen molar-refractivity contribution in [1.29, 1.82) is 0 Å². The Balaban J connectivity index is 1.69. The summed E-state index contributed by atoms with van der Waals surface area (Å²) in [5.74, 6) is -0.455. The van der Waals surface area contributed by atoms with Crippen molar-refractivity contribution < 1.29 is 29.2 Å². The summed E-state index contributed by atoms with van der Waals surface area (Å²) in [6, 6.07) is -1.49. The molecule has 2 aliphatic heterocycles. The summed E-state index contributed by atoms with van der Waals surface area (Å²) in [6.07, 6.45) is 0.557. The number of carbonyl (C=O) groups excluding carboxylic acids is 3. The van der Waals surface area contributed by atoms with Gasteiger partial charge in [0.05, 0.1) is 6.04 Å². The van der Waals surface area contributed by atoms with Crippen LogP contribution in [0.1, 0.15) is 40.5 Å². The average molecular weight is 372 g/mol. The summed E-state index contributed by atoms with van der Waals surface area (Å²) in [4.78, 5) is 44.0. The first-order valence-corrected chi connectivity index (χ1v) is 8.81. The smallest absolute Gasteiger partial charge is 0.410 e. The molecule has 26 heavy (non-hydrogen) atoms. The largest absolute Gasteiger partial charge is 0.447 e. The molecule has 2 rings (SSSR count). The lowest BCUT2D eigenvalue weighted by Crippen LogP contribution is -2.50. The summed E-state index contributed by atoms with van der Waals surface area (Å²) in [5.41, 5.74) is 1.94. The fraction of sp³-hybridized carbons (Fsp3) is 0.812. The fourth-order valence-electron chi connectivity index (χ4n) is 3.24. The molecule has 10 heteroatoms. The van der Waals surface area contributed by atoms with E-state index in [4.69, 9.17) is 9.57 Å². The van der Waals surface area contributed by atoms with Crippen molar-refractivity contribution in [3.05, 3.63) is 0 Å². The molecule has 0 aromatic carbocycles. The first-order valence-electron chi connectivity index (χ1n) is 8.81. The Labute approximate surface area is 152 Å². The monoisotopic (exact) mass is 372 g/mol. The Bertz CT molecular complexity index is 549. The van der Waals surface area contributed by atoms with Crippen LogP contribution in [0.2, 0.25) is 0 Å². The Morgan fingerprint density at radius 1 is 1.31 bits per heavy atom. The van der Waals surface area contributed by atoms with E-state index < -0.39 is 24.1 Å². The number of hydrogen-bond donors (Lipinski definition) is 2. The van der Waals surface area contributed by atoms with Crippen LogP contribution in [0, 0.1) is 0 Å². The van der Waals surface area contributed by atoms with Crippen molar-refractivity contribution in [2.45, 2.75) is 58.2 Å². The molecular weight excluding hydrogens is 344 g/mol. The molecule has 148 valence electrons. The van der Waals surface area contributed by atoms with E-state index in [0.717, 1.165) is 0 Å². The number of carbonyl (C=O) groups is 3. The molecule has 2 fully saturated rings. The molecule has 2 aliphatic rings. The molecule has 0 aromatic heterocycles. The standard InChI is InChI=1S/C16H28N4O6/c1-5-19(16(2,3)4)15(23)25-8-9-26-17-13(21)12-7-6-11-10-18(12)14(22)20(11)24/h11-12,24H,5-10H2,1-4H3,(H,17,21)/t11-,12+/m1/s1. The minimum Gasteiger partial charge on any atom is -0.447 e. The maximum Gasteiger partial charge on any atom is 0.410 e. The molecule has 0 radical (unpaired) electrons. The maximum absolute atomic E-state index is 12.2. The predicted molar refractivity (Wildman–Crippen MR) is 90.1 cm³/mol. The molecule has 0 aromatic rings. The van der Waals surface area contributed by atoms with Gasteiger partial charge in [0, 0.05) is 18.6 Å². The molecule has 0 saturated carbocycles. The molecule has 0 spiro atoms. The van der Waals surface area contributed by atoms with Crippen LogP contribution in [0.5, 0.6) is 0 Å². The molecule has 2 atom stereocenters. The van der Waals surface area contributed by atoms with Crippen molar-refractivity contribution in [3.8, 4) is 0 Å². The van der Waals surface area contributed by atoms with Crippen molar-refractivity contribution in [3.63, 3.8) is 0 Å². The van der Waals surface area contributed by atoms with Gasteiger partial charge in [-0.3, -0.25) is 14.8 Å². The number of amides is 4. The van der Waals surface area contributed by atoms with Gasteiger partial charge in [-0.1, -0.05) is 0 Å². The van der Waals surface area contributed by atoms with Crippen LogP contribution in [0.3, 0.4) is 0 Å². The normalized spacial score (nSPS) is 22.4. The van der Waals surface area contributed by atoms with Gasteiger partial charge in [0.2, 0.25) is 0 Å². The number of ether oxygens (including phenoxy) is 1. The number of fused-ring (bicyclic) bond motifs is 2. The first kappa shape index (κ1) is 20.2. The summed E-state index contributed by atoms with van der Waals surface area (Å²) in [5, 5.41) is 10.3. The summed E-state index contributed by atoms with van der Waals surface area (Å²) >= 11 is 0. The number of rotatable bonds is 6. The molecule has 10 nitrogen and oxygen atoms in total. The van der Waals surface area contributed by atoms with E-state index in [1.807, 2.05) is 27.7 Å². The van der Waals surface area contributed by atoms with E-state index in [-0.39, 0.29) is 24.8 Å². The second kappa shape index (κ2) is 8.09. The average Bonchev–Trinajstić information content (AvgIpc) is 2.78. The van der Waals surface area contributed by atoms with E-state index in [1.165, 1.54) is 4.90 Å². The van der Waals surface area contributed by atoms with Gasteiger partial charge in [-0.05, 0) is 40.5 Å². The third-order valence-corrected chi connectivity index (χ3v) is 4.58. The quantitative estimate of drug-likeness (QED) is 0.408. The van der Waals surface area contributed by atoms with Crippen LogP contribution < -0.4 is 5.48 Å². The van der Waals surface area contributed by atoms with Crippen LogP contribution in [0.25, 0.3) is 0 Å². The molecule has 2 saturated heterocycles. The highest BCUT2D eigenvalue weighted by Crippen LogP contribution is 2.28. The van der Waals surface area contributed by atoms with E-state index in [9.17, 15) is 19.6 Å². The molecule has 2 bridgehead atoms. The number of hydrogen-bond acceptors (Lipinski definition) is 6. The first-order chi connectivity index (χ1) is 12.2. The van der Waals surface area contributed by atoms with Gasteiger partial charge in [0.15, 0.2) is 0 Å². The third kappa shape index (κ3) is 4.36. The molecule has 0 aliphatic carbocycles. The van der Waals surface area contributed by atoms with E-state index in [2.05, 4.69) is 5.48 Å². The summed E-state index contributed by atoms with van der Waals surface area (Å²) in [7, 11) is 0. The molecule has 4 amide bonds. The minimum atomic E-state index is -0.671. The zero-order chi connectivity index (χ0) is 19.5. The molecular formula is C16H28N4O6. The van der Waals surface area contributed by atoms with Gasteiger partial charge in [0.1, 0.15) is 19.3 Å². The Hall–Kier alpha value is -2.07. The van der Waals surface area contributed by atoms with Gasteiger partial charge in [0.25, 0.3) is 5.91 Å². The van der Waals surface area contributed by atoms with Crippen LogP contribution in [0.4, 0.5) is 9.59 Å². The van der Waals surface area contributed by atoms with Crippen LogP contribution in [-0.2, 0) is 14.4 Å². The highest BCUT2D eigenvalue weighted by molar-refractivity contribution is 5.87. The second-order valence-electron chi connectivity index (χ2n) is 7.37. The summed E-state index contributed by atoms with van der Waals surface area (Å²) < 4.78 is 5.14. The van der Waals surface area contributed by atoms with E-state index in [0.29, 0.717) is 31.0 Å². The van der Waals surface area contributed by atoms with Crippen molar-refractivity contribution in [2.75, 3.05) is 26.3 Å². The van der Waals surface area contributed by atoms with E-state index >= 15 is 0 Å².